The summed E-state index contributed by atoms with van der Waals surface area (Å²) in [5, 5.41) is 0. The molecule has 0 unspecified atom stereocenters. The summed E-state index contributed by atoms with van der Waals surface area (Å²) in [7, 11) is -3.05. The number of aromatic nitrogens is 1. The number of rotatable bonds is 4. The number of amides is 1. The molecule has 2 aliphatic heterocycles. The molecule has 2 aliphatic rings. The van der Waals surface area contributed by atoms with Gasteiger partial charge in [0.05, 0.1) is 34.5 Å². The standard InChI is InChI=1S/C24H27FN2O4S/c1-15-9-17(14-26-13-15)27-21-18(23(2,3)22(27)29)10-16(11-19(21)25)20(28)12-24(4)5-7-32(30,31)8-6-24/h9-11,13-14H,5-8,12H2,1-4H3. The van der Waals surface area contributed by atoms with Crippen molar-refractivity contribution in [2.24, 2.45) is 5.41 Å². The summed E-state index contributed by atoms with van der Waals surface area (Å²) >= 11 is 0. The Morgan fingerprint density at radius 2 is 1.78 bits per heavy atom. The minimum Gasteiger partial charge on any atom is -0.294 e. The van der Waals surface area contributed by atoms with Gasteiger partial charge in [-0.05, 0) is 68.4 Å². The van der Waals surface area contributed by atoms with Crippen LogP contribution >= 0.6 is 0 Å². The van der Waals surface area contributed by atoms with E-state index in [9.17, 15) is 18.0 Å². The van der Waals surface area contributed by atoms with E-state index < -0.39 is 26.5 Å². The van der Waals surface area contributed by atoms with Gasteiger partial charge in [-0.1, -0.05) is 6.92 Å². The molecule has 4 rings (SSSR count). The Labute approximate surface area is 187 Å². The van der Waals surface area contributed by atoms with Crippen LogP contribution in [0.1, 0.15) is 61.5 Å². The molecule has 1 aromatic heterocycles. The Morgan fingerprint density at radius 3 is 2.41 bits per heavy atom. The van der Waals surface area contributed by atoms with Crippen LogP contribution in [0.15, 0.2) is 30.6 Å². The van der Waals surface area contributed by atoms with Crippen molar-refractivity contribution in [2.75, 3.05) is 16.4 Å². The predicted octanol–water partition coefficient (Wildman–Crippen LogP) is 4.27. The van der Waals surface area contributed by atoms with Gasteiger partial charge in [0.2, 0.25) is 5.91 Å². The molecule has 0 spiro atoms. The number of halogens is 1. The molecule has 2 aromatic rings. The summed E-state index contributed by atoms with van der Waals surface area (Å²) in [6, 6.07) is 4.58. The van der Waals surface area contributed by atoms with Gasteiger partial charge in [-0.2, -0.15) is 0 Å². The van der Waals surface area contributed by atoms with Gasteiger partial charge in [0, 0.05) is 18.2 Å². The quantitative estimate of drug-likeness (QED) is 0.639. The second kappa shape index (κ2) is 7.47. The van der Waals surface area contributed by atoms with Gasteiger partial charge < -0.3 is 0 Å². The van der Waals surface area contributed by atoms with Gasteiger partial charge in [-0.15, -0.1) is 0 Å². The van der Waals surface area contributed by atoms with Crippen molar-refractivity contribution in [3.8, 4) is 0 Å². The highest BCUT2D eigenvalue weighted by Gasteiger charge is 2.47. The third kappa shape index (κ3) is 3.85. The fraction of sp³-hybridized carbons (Fsp3) is 0.458. The van der Waals surface area contributed by atoms with Gasteiger partial charge >= 0.3 is 0 Å². The Balaban J connectivity index is 1.70. The number of hydrogen-bond donors (Lipinski definition) is 0. The minimum absolute atomic E-state index is 0.0658. The molecule has 8 heteroatoms. The molecule has 1 fully saturated rings. The summed E-state index contributed by atoms with van der Waals surface area (Å²) in [6.07, 6.45) is 4.14. The van der Waals surface area contributed by atoms with E-state index in [0.717, 1.165) is 5.56 Å². The first-order valence-corrected chi connectivity index (χ1v) is 12.5. The Hall–Kier alpha value is -2.61. The van der Waals surface area contributed by atoms with Crippen molar-refractivity contribution >= 4 is 32.9 Å². The number of fused-ring (bicyclic) bond motifs is 1. The number of benzene rings is 1. The first-order valence-electron chi connectivity index (χ1n) is 10.7. The van der Waals surface area contributed by atoms with E-state index >= 15 is 4.39 Å². The van der Waals surface area contributed by atoms with E-state index in [0.29, 0.717) is 24.1 Å². The summed E-state index contributed by atoms with van der Waals surface area (Å²) < 4.78 is 38.9. The van der Waals surface area contributed by atoms with E-state index in [1.54, 1.807) is 32.2 Å². The molecule has 0 N–H and O–H groups in total. The van der Waals surface area contributed by atoms with Crippen LogP contribution in [0.2, 0.25) is 0 Å². The monoisotopic (exact) mass is 458 g/mol. The average Bonchev–Trinajstić information content (AvgIpc) is 2.91. The number of hydrogen-bond acceptors (Lipinski definition) is 5. The van der Waals surface area contributed by atoms with Crippen LogP contribution in [0.4, 0.5) is 15.8 Å². The van der Waals surface area contributed by atoms with Crippen molar-refractivity contribution in [3.05, 3.63) is 53.1 Å². The number of carbonyl (C=O) groups excluding carboxylic acids is 2. The maximum atomic E-state index is 15.4. The van der Waals surface area contributed by atoms with Crippen LogP contribution in [0.25, 0.3) is 0 Å². The molecular weight excluding hydrogens is 431 g/mol. The molecular formula is C24H27FN2O4S. The SMILES string of the molecule is Cc1cncc(N2C(=O)C(C)(C)c3cc(C(=O)CC4(C)CCS(=O)(=O)CC4)cc(F)c32)c1. The van der Waals surface area contributed by atoms with Crippen molar-refractivity contribution in [2.45, 2.75) is 52.4 Å². The van der Waals surface area contributed by atoms with Crippen LogP contribution in [0, 0.1) is 18.2 Å². The van der Waals surface area contributed by atoms with Gasteiger partial charge in [0.15, 0.2) is 5.78 Å². The molecule has 0 saturated carbocycles. The van der Waals surface area contributed by atoms with Crippen LogP contribution in [-0.4, -0.2) is 36.6 Å². The van der Waals surface area contributed by atoms with E-state index in [1.165, 1.54) is 17.2 Å². The number of nitrogens with zero attached hydrogens (tertiary/aromatic N) is 2. The number of carbonyl (C=O) groups is 2. The highest BCUT2D eigenvalue weighted by atomic mass is 32.2. The molecule has 1 saturated heterocycles. The zero-order chi connectivity index (χ0) is 23.5. The second-order valence-electron chi connectivity index (χ2n) is 9.90. The molecule has 1 aromatic carbocycles. The lowest BCUT2D eigenvalue weighted by atomic mass is 9.78. The van der Waals surface area contributed by atoms with E-state index in [4.69, 9.17) is 0 Å². The minimum atomic E-state index is -3.05. The number of pyridine rings is 1. The lowest BCUT2D eigenvalue weighted by Crippen LogP contribution is -2.33. The summed E-state index contributed by atoms with van der Waals surface area (Å²) in [5.41, 5.74) is 0.692. The van der Waals surface area contributed by atoms with E-state index in [2.05, 4.69) is 4.98 Å². The first kappa shape index (κ1) is 22.6. The molecule has 1 amide bonds. The second-order valence-corrected chi connectivity index (χ2v) is 12.2. The number of ketones is 1. The smallest absolute Gasteiger partial charge is 0.241 e. The highest BCUT2D eigenvalue weighted by molar-refractivity contribution is 7.91. The average molecular weight is 459 g/mol. The Morgan fingerprint density at radius 1 is 1.12 bits per heavy atom. The lowest BCUT2D eigenvalue weighted by molar-refractivity contribution is -0.121. The molecule has 32 heavy (non-hydrogen) atoms. The van der Waals surface area contributed by atoms with Crippen LogP contribution < -0.4 is 4.90 Å². The van der Waals surface area contributed by atoms with Crippen molar-refractivity contribution in [1.29, 1.82) is 0 Å². The van der Waals surface area contributed by atoms with Crippen molar-refractivity contribution in [3.63, 3.8) is 0 Å². The molecule has 0 bridgehead atoms. The van der Waals surface area contributed by atoms with Gasteiger partial charge in [-0.3, -0.25) is 19.5 Å². The summed E-state index contributed by atoms with van der Waals surface area (Å²) in [4.78, 5) is 31.8. The van der Waals surface area contributed by atoms with E-state index in [1.807, 2.05) is 13.8 Å². The maximum Gasteiger partial charge on any atom is 0.241 e. The first-order chi connectivity index (χ1) is 14.8. The largest absolute Gasteiger partial charge is 0.294 e. The zero-order valence-corrected chi connectivity index (χ0v) is 19.6. The lowest BCUT2D eigenvalue weighted by Gasteiger charge is -2.32. The molecule has 0 atom stereocenters. The van der Waals surface area contributed by atoms with Crippen LogP contribution in [0.3, 0.4) is 0 Å². The Kier molecular flexibility index (Phi) is 5.27. The number of sulfone groups is 1. The van der Waals surface area contributed by atoms with Gasteiger partial charge in [0.1, 0.15) is 15.7 Å². The Bertz CT molecular complexity index is 1220. The van der Waals surface area contributed by atoms with Gasteiger partial charge in [-0.25, -0.2) is 12.8 Å². The van der Waals surface area contributed by atoms with E-state index in [-0.39, 0.29) is 40.9 Å². The summed E-state index contributed by atoms with van der Waals surface area (Å²) in [6.45, 7) is 7.19. The number of Topliss-reactive ketones (excluding diaryl/α,β-unsaturated/α-hetero) is 1. The van der Waals surface area contributed by atoms with Crippen LogP contribution in [0.5, 0.6) is 0 Å². The van der Waals surface area contributed by atoms with Crippen molar-refractivity contribution in [1.82, 2.24) is 4.98 Å². The predicted molar refractivity (Wildman–Crippen MR) is 120 cm³/mol. The summed E-state index contributed by atoms with van der Waals surface area (Å²) in [5.74, 6) is -1.03. The molecule has 6 nitrogen and oxygen atoms in total. The maximum absolute atomic E-state index is 15.4. The topological polar surface area (TPSA) is 84.4 Å². The molecule has 0 aliphatic carbocycles. The number of anilines is 2. The van der Waals surface area contributed by atoms with Crippen LogP contribution in [-0.2, 0) is 20.0 Å². The zero-order valence-electron chi connectivity index (χ0n) is 18.7. The fourth-order valence-electron chi connectivity index (χ4n) is 4.56. The third-order valence-corrected chi connectivity index (χ3v) is 8.41. The highest BCUT2D eigenvalue weighted by Crippen LogP contribution is 2.47. The number of aryl methyl sites for hydroxylation is 1. The third-order valence-electron chi connectivity index (χ3n) is 6.76. The molecule has 0 radical (unpaired) electrons. The molecule has 3 heterocycles. The van der Waals surface area contributed by atoms with Gasteiger partial charge in [0.25, 0.3) is 0 Å². The normalized spacial score (nSPS) is 20.8. The molecule has 170 valence electrons. The van der Waals surface area contributed by atoms with Crippen molar-refractivity contribution < 1.29 is 22.4 Å². The fourth-order valence-corrected chi connectivity index (χ4v) is 6.38.